The first-order chi connectivity index (χ1) is 25.9. The summed E-state index contributed by atoms with van der Waals surface area (Å²) in [5.41, 5.74) is 13.6. The van der Waals surface area contributed by atoms with Crippen LogP contribution < -0.4 is 16.2 Å². The van der Waals surface area contributed by atoms with E-state index >= 15 is 0 Å². The lowest BCUT2D eigenvalue weighted by atomic mass is 9.90. The van der Waals surface area contributed by atoms with Crippen LogP contribution in [0.25, 0.3) is 11.1 Å². The second-order valence-electron chi connectivity index (χ2n) is 12.0. The Morgan fingerprint density at radius 1 is 0.722 bits per heavy atom. The Bertz CT molecular complexity index is 2080. The second-order valence-corrected chi connectivity index (χ2v) is 15.2. The van der Waals surface area contributed by atoms with Gasteiger partial charge in [0.1, 0.15) is 48.0 Å². The molecule has 14 nitrogen and oxygen atoms in total. The van der Waals surface area contributed by atoms with Gasteiger partial charge in [-0.05, 0) is 51.5 Å². The largest absolute Gasteiger partial charge is 0.493 e. The first-order valence-corrected chi connectivity index (χ1v) is 19.4. The highest BCUT2D eigenvalue weighted by atomic mass is 32.1. The number of anilines is 2. The number of aliphatic imine (C=N–C) groups is 2. The predicted molar refractivity (Wildman–Crippen MR) is 210 cm³/mol. The van der Waals surface area contributed by atoms with Gasteiger partial charge in [0.15, 0.2) is 0 Å². The van der Waals surface area contributed by atoms with E-state index < -0.39 is 23.9 Å². The van der Waals surface area contributed by atoms with Crippen molar-refractivity contribution in [3.8, 4) is 16.9 Å². The molecule has 0 aliphatic carbocycles. The van der Waals surface area contributed by atoms with Gasteiger partial charge in [-0.15, -0.1) is 11.3 Å². The number of benzene rings is 1. The lowest BCUT2D eigenvalue weighted by molar-refractivity contribution is -0.120. The molecule has 1 aromatic carbocycles. The summed E-state index contributed by atoms with van der Waals surface area (Å²) in [6, 6.07) is 9.43. The van der Waals surface area contributed by atoms with Gasteiger partial charge in [0.05, 0.1) is 51.1 Å². The number of esters is 4. The van der Waals surface area contributed by atoms with Crippen molar-refractivity contribution in [2.75, 3.05) is 57.7 Å². The summed E-state index contributed by atoms with van der Waals surface area (Å²) in [5.74, 6) is -2.32. The lowest BCUT2D eigenvalue weighted by Crippen LogP contribution is -2.44. The first kappa shape index (κ1) is 40.1. The average Bonchev–Trinajstić information content (AvgIpc) is 3.80. The summed E-state index contributed by atoms with van der Waals surface area (Å²) in [5, 5.41) is 0.473. The molecular formula is C37H40N4O10S3. The van der Waals surface area contributed by atoms with Gasteiger partial charge in [-0.1, -0.05) is 41.7 Å². The summed E-state index contributed by atoms with van der Waals surface area (Å²) in [6.45, 7) is 10.8. The molecule has 0 amide bonds. The number of carbonyl (C=O) groups excluding carboxylic acids is 4. The molecule has 1 fully saturated rings. The number of thiophene rings is 3. The molecule has 5 rings (SSSR count). The lowest BCUT2D eigenvalue weighted by Gasteiger charge is -2.37. The van der Waals surface area contributed by atoms with Gasteiger partial charge in [-0.2, -0.15) is 0 Å². The number of nitrogen functional groups attached to an aromatic ring is 2. The van der Waals surface area contributed by atoms with Crippen LogP contribution in [0.5, 0.6) is 5.75 Å². The summed E-state index contributed by atoms with van der Waals surface area (Å²) in [4.78, 5) is 62.1. The van der Waals surface area contributed by atoms with Crippen molar-refractivity contribution < 1.29 is 47.6 Å². The Morgan fingerprint density at radius 2 is 1.19 bits per heavy atom. The van der Waals surface area contributed by atoms with Gasteiger partial charge in [-0.3, -0.25) is 0 Å². The fourth-order valence-corrected chi connectivity index (χ4v) is 7.93. The molecule has 0 unspecified atom stereocenters. The molecule has 17 heteroatoms. The molecule has 3 aromatic heterocycles. The minimum Gasteiger partial charge on any atom is -0.493 e. The highest BCUT2D eigenvalue weighted by Gasteiger charge is 2.34. The molecular weight excluding hydrogens is 757 g/mol. The molecule has 286 valence electrons. The van der Waals surface area contributed by atoms with Crippen LogP contribution in [0, 0.1) is 5.41 Å². The summed E-state index contributed by atoms with van der Waals surface area (Å²) in [7, 11) is 0. The van der Waals surface area contributed by atoms with Gasteiger partial charge >= 0.3 is 23.9 Å². The number of nitrogens with zero attached hydrogens (tertiary/aromatic N) is 2. The number of rotatable bonds is 16. The number of carbonyl (C=O) groups is 4. The van der Waals surface area contributed by atoms with Crippen LogP contribution in [0.1, 0.15) is 85.8 Å². The molecule has 54 heavy (non-hydrogen) atoms. The molecule has 0 spiro atoms. The average molecular weight is 797 g/mol. The zero-order valence-corrected chi connectivity index (χ0v) is 32.8. The topological polar surface area (TPSA) is 200 Å². The minimum absolute atomic E-state index is 0.0257. The first-order valence-electron chi connectivity index (χ1n) is 17.0. The zero-order valence-electron chi connectivity index (χ0n) is 30.3. The fraction of sp³-hybridized carbons (Fsp3) is 0.351. The molecule has 0 radical (unpaired) electrons. The van der Waals surface area contributed by atoms with Crippen LogP contribution in [0.2, 0.25) is 0 Å². The van der Waals surface area contributed by atoms with Crippen molar-refractivity contribution >= 4 is 90.3 Å². The predicted octanol–water partition coefficient (Wildman–Crippen LogP) is 7.33. The quantitative estimate of drug-likeness (QED) is 0.0651. The standard InChI is InChI=1S/C37H40N4O10S3/c1-6-47-33(42)25-27(35(44)49-8-3)31(53-29(25)38)40-15-22-14-23(20-10-12-21(13-11-20)51-19-37(5)17-46-18-37)24(52-22)16-41-32-28(36(45)50-9-4)26(30(39)54-32)34(43)48-7-2/h10-16H,6-9,17-19,38-39H2,1-5H3. The van der Waals surface area contributed by atoms with E-state index in [9.17, 15) is 19.2 Å². The maximum absolute atomic E-state index is 13.1. The monoisotopic (exact) mass is 796 g/mol. The molecule has 4 aromatic rings. The third-order valence-corrected chi connectivity index (χ3v) is 10.7. The minimum atomic E-state index is -0.757. The smallest absolute Gasteiger partial charge is 0.342 e. The maximum Gasteiger partial charge on any atom is 0.342 e. The number of hydrogen-bond donors (Lipinski definition) is 2. The molecule has 0 atom stereocenters. The molecule has 1 aliphatic heterocycles. The third kappa shape index (κ3) is 8.98. The van der Waals surface area contributed by atoms with Gasteiger partial charge < -0.3 is 39.9 Å². The SMILES string of the molecule is CCOC(=O)c1c(N)sc(N=Cc2cc(-c3ccc(OCC4(C)COC4)cc3)c(C=Nc3sc(N)c(C(=O)OCC)c3C(=O)OCC)s2)c1C(=O)OCC. The van der Waals surface area contributed by atoms with Crippen molar-refractivity contribution in [3.05, 3.63) is 62.3 Å². The molecule has 4 N–H and O–H groups in total. The Balaban J connectivity index is 1.56. The molecule has 0 saturated carbocycles. The van der Waals surface area contributed by atoms with Crippen LogP contribution in [0.4, 0.5) is 20.0 Å². The van der Waals surface area contributed by atoms with E-state index in [4.69, 9.17) is 39.9 Å². The Hall–Kier alpha value is -5.10. The van der Waals surface area contributed by atoms with E-state index in [2.05, 4.69) is 16.9 Å². The van der Waals surface area contributed by atoms with E-state index in [1.165, 1.54) is 11.3 Å². The number of hydrogen-bond acceptors (Lipinski definition) is 17. The Morgan fingerprint density at radius 3 is 1.63 bits per heavy atom. The number of ether oxygens (including phenoxy) is 6. The number of nitrogens with two attached hydrogens (primary N) is 2. The van der Waals surface area contributed by atoms with Gasteiger partial charge in [0, 0.05) is 28.3 Å². The van der Waals surface area contributed by atoms with Gasteiger partial charge in [0.2, 0.25) is 0 Å². The normalized spacial score (nSPS) is 13.5. The van der Waals surface area contributed by atoms with Crippen molar-refractivity contribution in [3.63, 3.8) is 0 Å². The highest BCUT2D eigenvalue weighted by molar-refractivity contribution is 7.21. The fourth-order valence-electron chi connectivity index (χ4n) is 5.22. The van der Waals surface area contributed by atoms with Crippen molar-refractivity contribution in [2.24, 2.45) is 15.4 Å². The van der Waals surface area contributed by atoms with Crippen molar-refractivity contribution in [1.29, 1.82) is 0 Å². The molecule has 1 aliphatic rings. The highest BCUT2D eigenvalue weighted by Crippen LogP contribution is 2.41. The van der Waals surface area contributed by atoms with E-state index in [0.717, 1.165) is 33.8 Å². The van der Waals surface area contributed by atoms with Crippen molar-refractivity contribution in [1.82, 2.24) is 0 Å². The zero-order chi connectivity index (χ0) is 39.0. The van der Waals surface area contributed by atoms with Gasteiger partial charge in [0.25, 0.3) is 0 Å². The second kappa shape index (κ2) is 17.8. The molecule has 4 heterocycles. The van der Waals surface area contributed by atoms with Crippen LogP contribution in [-0.2, 0) is 23.7 Å². The maximum atomic E-state index is 13.1. The third-order valence-electron chi connectivity index (χ3n) is 7.79. The van der Waals surface area contributed by atoms with E-state index in [-0.39, 0.29) is 74.1 Å². The van der Waals surface area contributed by atoms with E-state index in [0.29, 0.717) is 35.3 Å². The van der Waals surface area contributed by atoms with Gasteiger partial charge in [-0.25, -0.2) is 29.2 Å². The summed E-state index contributed by atoms with van der Waals surface area (Å²) < 4.78 is 32.1. The van der Waals surface area contributed by atoms with Crippen molar-refractivity contribution in [2.45, 2.75) is 34.6 Å². The Kier molecular flexibility index (Phi) is 13.2. The molecule has 1 saturated heterocycles. The van der Waals surface area contributed by atoms with Crippen LogP contribution in [-0.4, -0.2) is 82.6 Å². The van der Waals surface area contributed by atoms with Crippen LogP contribution >= 0.6 is 34.0 Å². The summed E-state index contributed by atoms with van der Waals surface area (Å²) in [6.07, 6.45) is 3.10. The summed E-state index contributed by atoms with van der Waals surface area (Å²) >= 11 is 3.22. The molecule has 0 bridgehead atoms. The van der Waals surface area contributed by atoms with E-state index in [1.54, 1.807) is 40.1 Å². The van der Waals surface area contributed by atoms with Crippen LogP contribution in [0.3, 0.4) is 0 Å². The van der Waals surface area contributed by atoms with E-state index in [1.807, 2.05) is 30.3 Å². The Labute approximate surface area is 323 Å². The van der Waals surface area contributed by atoms with Crippen LogP contribution in [0.15, 0.2) is 40.3 Å².